The van der Waals surface area contributed by atoms with Crippen LogP contribution < -0.4 is 16.0 Å². The van der Waals surface area contributed by atoms with Gasteiger partial charge >= 0.3 is 12.1 Å². The Balaban J connectivity index is 1.57. The topological polar surface area (TPSA) is 154 Å². The summed E-state index contributed by atoms with van der Waals surface area (Å²) in [5.41, 5.74) is 8.11. The van der Waals surface area contributed by atoms with Crippen molar-refractivity contribution in [3.8, 4) is 0 Å². The van der Waals surface area contributed by atoms with Gasteiger partial charge in [-0.3, -0.25) is 14.5 Å². The van der Waals surface area contributed by atoms with Gasteiger partial charge in [-0.1, -0.05) is 13.0 Å². The number of nitrogens with one attached hydrogen (secondary N) is 1. The Labute approximate surface area is 253 Å². The number of imidazole rings is 1. The number of halogens is 1. The second kappa shape index (κ2) is 14.2. The Kier molecular flexibility index (Phi) is 10.2. The molecule has 2 aromatic carbocycles. The average molecular weight is 604 g/mol. The molecule has 4 rings (SSSR count). The average Bonchev–Trinajstić information content (AvgIpc) is 3.36. The fraction of sp³-hybridized carbons (Fsp3) is 0.290. The predicted molar refractivity (Wildman–Crippen MR) is 164 cm³/mol. The maximum Gasteiger partial charge on any atom is 0.435 e. The van der Waals surface area contributed by atoms with E-state index in [0.717, 1.165) is 5.52 Å². The third kappa shape index (κ3) is 7.35. The van der Waals surface area contributed by atoms with Crippen molar-refractivity contribution in [1.82, 2.24) is 14.5 Å². The Morgan fingerprint density at radius 3 is 2.66 bits per heavy atom. The molecule has 0 spiro atoms. The molecule has 0 fully saturated rings. The lowest BCUT2D eigenvalue weighted by Crippen LogP contribution is -2.33. The van der Waals surface area contributed by atoms with Crippen LogP contribution in [0.25, 0.3) is 11.0 Å². The fourth-order valence-corrected chi connectivity index (χ4v) is 4.54. The highest BCUT2D eigenvalue weighted by Gasteiger charge is 2.22. The minimum atomic E-state index is -0.889. The zero-order valence-electron chi connectivity index (χ0n) is 24.9. The molecule has 230 valence electrons. The smallest absolute Gasteiger partial charge is 0.435 e. The van der Waals surface area contributed by atoms with Gasteiger partial charge in [0.05, 0.1) is 42.8 Å². The van der Waals surface area contributed by atoms with E-state index >= 15 is 0 Å². The van der Waals surface area contributed by atoms with Crippen molar-refractivity contribution in [1.29, 1.82) is 0 Å². The quantitative estimate of drug-likeness (QED) is 0.141. The number of esters is 1. The van der Waals surface area contributed by atoms with Crippen molar-refractivity contribution in [2.45, 2.75) is 32.7 Å². The number of aryl methyl sites for hydroxylation is 1. The lowest BCUT2D eigenvalue weighted by molar-refractivity contribution is -0.140. The molecule has 0 saturated carbocycles. The molecular weight excluding hydrogens is 569 g/mol. The van der Waals surface area contributed by atoms with Crippen LogP contribution in [-0.2, 0) is 21.3 Å². The number of hydrogen-bond acceptors (Lipinski definition) is 8. The van der Waals surface area contributed by atoms with Crippen LogP contribution in [0.3, 0.4) is 0 Å². The molecule has 12 nitrogen and oxygen atoms in total. The SMILES string of the molecule is CCCOC(=O)/N=C(\N)c1cc(NC(C)c2nc3cc(C(=O)N(CCC(=O)OC)c4ccccn4)ccc3n2C)ccc1F. The van der Waals surface area contributed by atoms with E-state index in [1.165, 1.54) is 30.2 Å². The summed E-state index contributed by atoms with van der Waals surface area (Å²) in [6.45, 7) is 3.99. The largest absolute Gasteiger partial charge is 0.469 e. The van der Waals surface area contributed by atoms with Gasteiger partial charge in [-0.25, -0.2) is 19.2 Å². The second-order valence-electron chi connectivity index (χ2n) is 9.88. The summed E-state index contributed by atoms with van der Waals surface area (Å²) in [7, 11) is 3.15. The van der Waals surface area contributed by atoms with Crippen molar-refractivity contribution >= 4 is 46.3 Å². The monoisotopic (exact) mass is 603 g/mol. The van der Waals surface area contributed by atoms with E-state index in [1.807, 2.05) is 25.5 Å². The third-order valence-corrected chi connectivity index (χ3v) is 6.75. The van der Waals surface area contributed by atoms with Gasteiger partial charge < -0.3 is 25.1 Å². The number of rotatable bonds is 11. The van der Waals surface area contributed by atoms with Crippen LogP contribution in [0.5, 0.6) is 0 Å². The van der Waals surface area contributed by atoms with Crippen molar-refractivity contribution in [2.24, 2.45) is 17.8 Å². The minimum absolute atomic E-state index is 0.00350. The Hall–Kier alpha value is -5.33. The number of amides is 2. The van der Waals surface area contributed by atoms with Crippen LogP contribution in [0.1, 0.15) is 54.5 Å². The van der Waals surface area contributed by atoms with Crippen molar-refractivity contribution < 1.29 is 28.2 Å². The van der Waals surface area contributed by atoms with E-state index in [-0.39, 0.29) is 42.9 Å². The number of nitrogens with zero attached hydrogens (tertiary/aromatic N) is 5. The van der Waals surface area contributed by atoms with Crippen molar-refractivity contribution in [3.63, 3.8) is 0 Å². The number of amidine groups is 1. The number of anilines is 2. The first-order valence-corrected chi connectivity index (χ1v) is 14.0. The van der Waals surface area contributed by atoms with Crippen LogP contribution in [-0.4, -0.2) is 58.6 Å². The molecule has 2 amide bonds. The second-order valence-corrected chi connectivity index (χ2v) is 9.88. The van der Waals surface area contributed by atoms with E-state index in [9.17, 15) is 18.8 Å². The van der Waals surface area contributed by atoms with E-state index in [2.05, 4.69) is 15.3 Å². The number of hydrogen-bond donors (Lipinski definition) is 2. The van der Waals surface area contributed by atoms with Crippen molar-refractivity contribution in [3.05, 3.63) is 83.6 Å². The molecule has 2 heterocycles. The molecule has 0 aliphatic carbocycles. The van der Waals surface area contributed by atoms with Gasteiger partial charge in [-0.05, 0) is 61.9 Å². The third-order valence-electron chi connectivity index (χ3n) is 6.75. The van der Waals surface area contributed by atoms with E-state index in [0.29, 0.717) is 34.8 Å². The summed E-state index contributed by atoms with van der Waals surface area (Å²) < 4.78 is 26.1. The van der Waals surface area contributed by atoms with Crippen molar-refractivity contribution in [2.75, 3.05) is 30.5 Å². The number of pyridine rings is 1. The first-order valence-electron chi connectivity index (χ1n) is 14.0. The summed E-state index contributed by atoms with van der Waals surface area (Å²) >= 11 is 0. The molecule has 0 saturated heterocycles. The molecule has 4 aromatic rings. The lowest BCUT2D eigenvalue weighted by atomic mass is 10.1. The van der Waals surface area contributed by atoms with E-state index in [4.69, 9.17) is 20.2 Å². The van der Waals surface area contributed by atoms with Crippen LogP contribution in [0.2, 0.25) is 0 Å². The number of ether oxygens (including phenoxy) is 2. The number of benzene rings is 2. The minimum Gasteiger partial charge on any atom is -0.469 e. The highest BCUT2D eigenvalue weighted by atomic mass is 19.1. The molecular formula is C31H34FN7O5. The highest BCUT2D eigenvalue weighted by molar-refractivity contribution is 6.07. The fourth-order valence-electron chi connectivity index (χ4n) is 4.54. The first kappa shape index (κ1) is 31.6. The maximum absolute atomic E-state index is 14.5. The number of aromatic nitrogens is 3. The Morgan fingerprint density at radius 1 is 1.16 bits per heavy atom. The molecule has 1 atom stereocenters. The summed E-state index contributed by atoms with van der Waals surface area (Å²) in [6.07, 6.45) is 1.31. The number of aliphatic imine (C=N–C) groups is 1. The van der Waals surface area contributed by atoms with Gasteiger partial charge in [0.25, 0.3) is 5.91 Å². The van der Waals surface area contributed by atoms with Gasteiger partial charge in [0, 0.05) is 31.0 Å². The standard InChI is InChI=1S/C31H34FN7O5/c1-5-16-44-31(42)37-28(33)22-18-21(10-11-23(22)32)35-19(2)29-36-24-17-20(9-12-25(24)38(29)3)30(41)39(15-13-27(40)43-4)26-8-6-7-14-34-26/h6-12,14,17-19,35H,5,13,15-16H2,1-4H3,(H2,33,37,42). The first-order chi connectivity index (χ1) is 21.1. The van der Waals surface area contributed by atoms with E-state index < -0.39 is 17.9 Å². The molecule has 0 aliphatic heterocycles. The number of methoxy groups -OCH3 is 1. The molecule has 3 N–H and O–H groups in total. The van der Waals surface area contributed by atoms with Gasteiger partial charge in [0.2, 0.25) is 0 Å². The predicted octanol–water partition coefficient (Wildman–Crippen LogP) is 4.74. The van der Waals surface area contributed by atoms with Crippen LogP contribution >= 0.6 is 0 Å². The van der Waals surface area contributed by atoms with Gasteiger partial charge in [0.1, 0.15) is 23.3 Å². The zero-order valence-corrected chi connectivity index (χ0v) is 24.9. The number of nitrogens with two attached hydrogens (primary N) is 1. The van der Waals surface area contributed by atoms with Gasteiger partial charge in [-0.15, -0.1) is 0 Å². The lowest BCUT2D eigenvalue weighted by Gasteiger charge is -2.21. The number of carbonyl (C=O) groups is 3. The molecule has 1 unspecified atom stereocenters. The summed E-state index contributed by atoms with van der Waals surface area (Å²) in [6, 6.07) is 14.2. The maximum atomic E-state index is 14.5. The van der Waals surface area contributed by atoms with E-state index in [1.54, 1.807) is 42.6 Å². The molecule has 2 aromatic heterocycles. The normalized spacial score (nSPS) is 12.1. The summed E-state index contributed by atoms with van der Waals surface area (Å²) in [5, 5.41) is 3.28. The van der Waals surface area contributed by atoms with Crippen LogP contribution in [0.15, 0.2) is 65.8 Å². The van der Waals surface area contributed by atoms with Crippen LogP contribution in [0.4, 0.5) is 20.7 Å². The zero-order chi connectivity index (χ0) is 31.8. The summed E-state index contributed by atoms with van der Waals surface area (Å²) in [5.74, 6) is -0.673. The van der Waals surface area contributed by atoms with Gasteiger partial charge in [-0.2, -0.15) is 4.99 Å². The summed E-state index contributed by atoms with van der Waals surface area (Å²) in [4.78, 5) is 51.4. The number of fused-ring (bicyclic) bond motifs is 1. The molecule has 0 bridgehead atoms. The molecule has 0 radical (unpaired) electrons. The van der Waals surface area contributed by atoms with Gasteiger partial charge in [0.15, 0.2) is 0 Å². The molecule has 0 aliphatic rings. The molecule has 44 heavy (non-hydrogen) atoms. The Bertz CT molecular complexity index is 1690. The van der Waals surface area contributed by atoms with Crippen LogP contribution in [0, 0.1) is 5.82 Å². The highest BCUT2D eigenvalue weighted by Crippen LogP contribution is 2.26. The Morgan fingerprint density at radius 2 is 1.95 bits per heavy atom. The molecule has 13 heteroatoms. The number of carbonyl (C=O) groups excluding carboxylic acids is 3.